The van der Waals surface area contributed by atoms with Crippen molar-refractivity contribution < 1.29 is 19.1 Å². The van der Waals surface area contributed by atoms with Crippen LogP contribution in [-0.4, -0.2) is 18.9 Å². The van der Waals surface area contributed by atoms with E-state index in [1.807, 2.05) is 78.9 Å². The van der Waals surface area contributed by atoms with Gasteiger partial charge in [-0.05, 0) is 34.9 Å². The number of hydrogen-bond acceptors (Lipinski definition) is 4. The average Bonchev–Trinajstić information content (AvgIpc) is 2.93. The van der Waals surface area contributed by atoms with E-state index in [0.717, 1.165) is 16.7 Å². The summed E-state index contributed by atoms with van der Waals surface area (Å²) < 4.78 is 11.5. The van der Waals surface area contributed by atoms with Gasteiger partial charge in [-0.15, -0.1) is 0 Å². The molecule has 194 valence electrons. The van der Waals surface area contributed by atoms with E-state index in [-0.39, 0.29) is 31.3 Å². The SMILES string of the molecule is COc1cc(C(NC(=O)Cc2ccccc2)NC(=O)Cc2ccccc2)ccc1OCc1ccccc1Cl. The summed E-state index contributed by atoms with van der Waals surface area (Å²) in [6.45, 7) is 0.264. The molecule has 0 aliphatic heterocycles. The van der Waals surface area contributed by atoms with Crippen molar-refractivity contribution in [2.45, 2.75) is 25.6 Å². The quantitative estimate of drug-likeness (QED) is 0.247. The maximum absolute atomic E-state index is 12.9. The van der Waals surface area contributed by atoms with Crippen LogP contribution in [0.2, 0.25) is 5.02 Å². The summed E-state index contributed by atoms with van der Waals surface area (Å²) in [5.74, 6) is 0.536. The molecule has 4 aromatic rings. The molecule has 0 aliphatic carbocycles. The lowest BCUT2D eigenvalue weighted by Crippen LogP contribution is -2.42. The van der Waals surface area contributed by atoms with Gasteiger partial charge in [0.2, 0.25) is 11.8 Å². The third-order valence-electron chi connectivity index (χ3n) is 5.89. The van der Waals surface area contributed by atoms with Crippen LogP contribution >= 0.6 is 11.6 Å². The monoisotopic (exact) mass is 528 g/mol. The van der Waals surface area contributed by atoms with Crippen LogP contribution in [-0.2, 0) is 29.0 Å². The molecule has 2 N–H and O–H groups in total. The van der Waals surface area contributed by atoms with Crippen molar-refractivity contribution in [3.05, 3.63) is 130 Å². The molecular weight excluding hydrogens is 500 g/mol. The molecule has 0 aromatic heterocycles. The Morgan fingerprint density at radius 2 is 1.29 bits per heavy atom. The lowest BCUT2D eigenvalue weighted by atomic mass is 10.1. The third kappa shape index (κ3) is 7.60. The van der Waals surface area contributed by atoms with E-state index in [2.05, 4.69) is 10.6 Å². The number of rotatable bonds is 11. The first kappa shape index (κ1) is 26.8. The predicted molar refractivity (Wildman–Crippen MR) is 148 cm³/mol. The molecule has 2 amide bonds. The van der Waals surface area contributed by atoms with E-state index in [1.54, 1.807) is 31.4 Å². The van der Waals surface area contributed by atoms with Crippen LogP contribution in [0.4, 0.5) is 0 Å². The minimum absolute atomic E-state index is 0.183. The number of methoxy groups -OCH3 is 1. The standard InChI is InChI=1S/C31H29ClN2O4/c1-37-28-20-24(16-17-27(28)38-21-25-14-8-9-15-26(25)32)31(33-29(35)18-22-10-4-2-5-11-22)34-30(36)19-23-12-6-3-7-13-23/h2-17,20,31H,18-19,21H2,1H3,(H,33,35)(H,34,36). The summed E-state index contributed by atoms with van der Waals surface area (Å²) in [4.78, 5) is 25.8. The van der Waals surface area contributed by atoms with Crippen molar-refractivity contribution >= 4 is 23.4 Å². The second kappa shape index (κ2) is 13.3. The van der Waals surface area contributed by atoms with Gasteiger partial charge in [-0.3, -0.25) is 9.59 Å². The van der Waals surface area contributed by atoms with Crippen molar-refractivity contribution in [2.24, 2.45) is 0 Å². The molecule has 0 fully saturated rings. The Kier molecular flexibility index (Phi) is 9.37. The number of hydrogen-bond donors (Lipinski definition) is 2. The highest BCUT2D eigenvalue weighted by molar-refractivity contribution is 6.31. The van der Waals surface area contributed by atoms with Crippen molar-refractivity contribution in [1.82, 2.24) is 10.6 Å². The highest BCUT2D eigenvalue weighted by atomic mass is 35.5. The van der Waals surface area contributed by atoms with Crippen LogP contribution in [0.3, 0.4) is 0 Å². The Morgan fingerprint density at radius 3 is 1.84 bits per heavy atom. The van der Waals surface area contributed by atoms with E-state index in [1.165, 1.54) is 0 Å². The number of carbonyl (C=O) groups is 2. The zero-order chi connectivity index (χ0) is 26.7. The summed E-state index contributed by atoms with van der Waals surface area (Å²) in [5, 5.41) is 6.52. The summed E-state index contributed by atoms with van der Waals surface area (Å²) in [6, 6.07) is 31.6. The van der Waals surface area contributed by atoms with Gasteiger partial charge in [0.05, 0.1) is 20.0 Å². The first-order valence-corrected chi connectivity index (χ1v) is 12.6. The number of carbonyl (C=O) groups excluding carboxylic acids is 2. The average molecular weight is 529 g/mol. The summed E-state index contributed by atoms with van der Waals surface area (Å²) >= 11 is 6.25. The zero-order valence-corrected chi connectivity index (χ0v) is 21.8. The maximum Gasteiger partial charge on any atom is 0.226 e. The van der Waals surface area contributed by atoms with Crippen LogP contribution in [0.25, 0.3) is 0 Å². The molecule has 0 saturated carbocycles. The van der Waals surface area contributed by atoms with Crippen molar-refractivity contribution in [1.29, 1.82) is 0 Å². The number of amides is 2. The molecule has 38 heavy (non-hydrogen) atoms. The third-order valence-corrected chi connectivity index (χ3v) is 6.26. The van der Waals surface area contributed by atoms with Gasteiger partial charge in [-0.1, -0.05) is 96.5 Å². The topological polar surface area (TPSA) is 76.7 Å². The number of ether oxygens (including phenoxy) is 2. The molecule has 0 bridgehead atoms. The molecule has 0 saturated heterocycles. The minimum atomic E-state index is -0.769. The molecular formula is C31H29ClN2O4. The minimum Gasteiger partial charge on any atom is -0.493 e. The second-order valence-electron chi connectivity index (χ2n) is 8.68. The van der Waals surface area contributed by atoms with Crippen LogP contribution in [0.15, 0.2) is 103 Å². The number of nitrogens with one attached hydrogen (secondary N) is 2. The molecule has 4 rings (SSSR count). The lowest BCUT2D eigenvalue weighted by molar-refractivity contribution is -0.123. The number of benzene rings is 4. The summed E-state index contributed by atoms with van der Waals surface area (Å²) in [5.41, 5.74) is 3.25. The van der Waals surface area contributed by atoms with Gasteiger partial charge in [0.1, 0.15) is 12.8 Å². The van der Waals surface area contributed by atoms with E-state index >= 15 is 0 Å². The fourth-order valence-electron chi connectivity index (χ4n) is 3.94. The molecule has 0 heterocycles. The fraction of sp³-hybridized carbons (Fsp3) is 0.161. The summed E-state index contributed by atoms with van der Waals surface area (Å²) in [7, 11) is 1.54. The fourth-order valence-corrected chi connectivity index (χ4v) is 4.13. The molecule has 0 atom stereocenters. The van der Waals surface area contributed by atoms with Gasteiger partial charge in [0, 0.05) is 10.6 Å². The van der Waals surface area contributed by atoms with Gasteiger partial charge in [0.25, 0.3) is 0 Å². The second-order valence-corrected chi connectivity index (χ2v) is 9.09. The van der Waals surface area contributed by atoms with E-state index in [9.17, 15) is 9.59 Å². The van der Waals surface area contributed by atoms with Crippen LogP contribution in [0.1, 0.15) is 28.4 Å². The van der Waals surface area contributed by atoms with Gasteiger partial charge >= 0.3 is 0 Å². The first-order valence-electron chi connectivity index (χ1n) is 12.2. The zero-order valence-electron chi connectivity index (χ0n) is 21.0. The molecule has 0 unspecified atom stereocenters. The van der Waals surface area contributed by atoms with Crippen LogP contribution in [0.5, 0.6) is 11.5 Å². The van der Waals surface area contributed by atoms with Gasteiger partial charge in [0.15, 0.2) is 11.5 Å². The summed E-state index contributed by atoms with van der Waals surface area (Å²) in [6.07, 6.45) is -0.404. The molecule has 7 heteroatoms. The predicted octanol–water partition coefficient (Wildman–Crippen LogP) is 5.64. The Balaban J connectivity index is 1.52. The maximum atomic E-state index is 12.9. The first-order chi connectivity index (χ1) is 18.5. The normalized spacial score (nSPS) is 10.6. The highest BCUT2D eigenvalue weighted by Crippen LogP contribution is 2.31. The molecule has 6 nitrogen and oxygen atoms in total. The molecule has 0 aliphatic rings. The van der Waals surface area contributed by atoms with E-state index < -0.39 is 6.17 Å². The molecule has 0 spiro atoms. The number of halogens is 1. The largest absolute Gasteiger partial charge is 0.493 e. The lowest BCUT2D eigenvalue weighted by Gasteiger charge is -2.22. The van der Waals surface area contributed by atoms with Crippen LogP contribution < -0.4 is 20.1 Å². The Hall–Kier alpha value is -4.29. The van der Waals surface area contributed by atoms with Crippen LogP contribution in [0, 0.1) is 0 Å². The Labute approximate surface area is 227 Å². The van der Waals surface area contributed by atoms with Gasteiger partial charge in [-0.2, -0.15) is 0 Å². The van der Waals surface area contributed by atoms with E-state index in [0.29, 0.717) is 22.1 Å². The van der Waals surface area contributed by atoms with E-state index in [4.69, 9.17) is 21.1 Å². The van der Waals surface area contributed by atoms with Crippen molar-refractivity contribution in [3.8, 4) is 11.5 Å². The van der Waals surface area contributed by atoms with Crippen molar-refractivity contribution in [2.75, 3.05) is 7.11 Å². The van der Waals surface area contributed by atoms with Crippen molar-refractivity contribution in [3.63, 3.8) is 0 Å². The van der Waals surface area contributed by atoms with Gasteiger partial charge < -0.3 is 20.1 Å². The molecule has 4 aromatic carbocycles. The smallest absolute Gasteiger partial charge is 0.226 e. The molecule has 0 radical (unpaired) electrons. The highest BCUT2D eigenvalue weighted by Gasteiger charge is 2.20. The van der Waals surface area contributed by atoms with Gasteiger partial charge in [-0.25, -0.2) is 0 Å². The Bertz CT molecular complexity index is 1310. The Morgan fingerprint density at radius 1 is 0.737 bits per heavy atom.